The quantitative estimate of drug-likeness (QED) is 0.168. The number of furan rings is 1. The number of hydrogen-bond acceptors (Lipinski definition) is 4. The lowest BCUT2D eigenvalue weighted by Crippen LogP contribution is -2.34. The summed E-state index contributed by atoms with van der Waals surface area (Å²) in [7, 11) is 0. The van der Waals surface area contributed by atoms with Gasteiger partial charge in [-0.05, 0) is 59.0 Å². The lowest BCUT2D eigenvalue weighted by molar-refractivity contribution is 0.670. The van der Waals surface area contributed by atoms with Crippen molar-refractivity contribution in [1.29, 1.82) is 0 Å². The molecule has 13 rings (SSSR count). The Kier molecular flexibility index (Phi) is 8.15. The first-order chi connectivity index (χ1) is 31.7. The lowest BCUT2D eigenvalue weighted by Gasteiger charge is -2.22. The minimum atomic E-state index is 0.209. The average molecular weight is 822 g/mol. The number of hydrogen-bond donors (Lipinski definition) is 0. The van der Waals surface area contributed by atoms with E-state index in [0.717, 1.165) is 66.0 Å². The van der Waals surface area contributed by atoms with Crippen LogP contribution < -0.4 is 10.6 Å². The van der Waals surface area contributed by atoms with Crippen molar-refractivity contribution in [3.63, 3.8) is 0 Å². The molecule has 4 heterocycles. The second kappa shape index (κ2) is 14.4. The summed E-state index contributed by atoms with van der Waals surface area (Å²) in [4.78, 5) is 15.5. The fourth-order valence-corrected chi connectivity index (χ4v) is 10.1. The third-order valence-electron chi connectivity index (χ3n) is 13.1. The molecule has 4 aromatic heterocycles. The smallest absolute Gasteiger partial charge is 0.238 e. The molecular formula is C58H39N5O. The molecule has 0 saturated heterocycles. The van der Waals surface area contributed by atoms with Crippen LogP contribution in [0.5, 0.6) is 0 Å². The molecule has 1 aliphatic carbocycles. The SMILES string of the molecule is CC1C=c2c(c3ccccc3n2-c2ccccc2)=CC1c1ccc(-c2cc3c4ccccc4oc3c3c2c2ccccc2n3-c2nc(-c3ccccc3)nc(-c3ccccc3)n2)cc1. The van der Waals surface area contributed by atoms with Crippen LogP contribution in [-0.2, 0) is 0 Å². The van der Waals surface area contributed by atoms with Gasteiger partial charge in [-0.1, -0.05) is 177 Å². The van der Waals surface area contributed by atoms with E-state index in [9.17, 15) is 0 Å². The molecule has 0 amide bonds. The van der Waals surface area contributed by atoms with E-state index in [-0.39, 0.29) is 11.8 Å². The molecule has 302 valence electrons. The molecule has 0 aliphatic heterocycles. The summed E-state index contributed by atoms with van der Waals surface area (Å²) in [6.07, 6.45) is 4.96. The number of nitrogens with zero attached hydrogens (tertiary/aromatic N) is 5. The zero-order valence-electron chi connectivity index (χ0n) is 34.9. The second-order valence-electron chi connectivity index (χ2n) is 16.8. The maximum atomic E-state index is 6.88. The van der Waals surface area contributed by atoms with Crippen molar-refractivity contribution in [2.75, 3.05) is 0 Å². The topological polar surface area (TPSA) is 61.7 Å². The van der Waals surface area contributed by atoms with Crippen LogP contribution in [0.15, 0.2) is 199 Å². The molecule has 8 aromatic carbocycles. The van der Waals surface area contributed by atoms with E-state index in [4.69, 9.17) is 19.4 Å². The monoisotopic (exact) mass is 821 g/mol. The number of benzene rings is 8. The Hall–Kier alpha value is -8.35. The molecule has 0 fully saturated rings. The zero-order chi connectivity index (χ0) is 42.3. The van der Waals surface area contributed by atoms with Gasteiger partial charge in [0.2, 0.25) is 5.95 Å². The summed E-state index contributed by atoms with van der Waals surface area (Å²) in [5.74, 6) is 2.22. The van der Waals surface area contributed by atoms with Gasteiger partial charge in [0, 0.05) is 54.9 Å². The van der Waals surface area contributed by atoms with Gasteiger partial charge in [0.15, 0.2) is 17.2 Å². The van der Waals surface area contributed by atoms with E-state index in [1.807, 2.05) is 72.8 Å². The Bertz CT molecular complexity index is 3850. The minimum absolute atomic E-state index is 0.209. The molecule has 0 saturated carbocycles. The minimum Gasteiger partial charge on any atom is -0.454 e. The molecule has 0 radical (unpaired) electrons. The molecule has 2 unspecified atom stereocenters. The van der Waals surface area contributed by atoms with Crippen LogP contribution in [0.1, 0.15) is 18.4 Å². The van der Waals surface area contributed by atoms with Crippen LogP contribution in [-0.4, -0.2) is 24.1 Å². The molecule has 2 atom stereocenters. The van der Waals surface area contributed by atoms with E-state index < -0.39 is 0 Å². The van der Waals surface area contributed by atoms with E-state index >= 15 is 0 Å². The van der Waals surface area contributed by atoms with Gasteiger partial charge in [-0.2, -0.15) is 9.97 Å². The van der Waals surface area contributed by atoms with Gasteiger partial charge in [0.25, 0.3) is 0 Å². The van der Waals surface area contributed by atoms with Gasteiger partial charge in [-0.25, -0.2) is 4.98 Å². The highest BCUT2D eigenvalue weighted by Crippen LogP contribution is 2.45. The van der Waals surface area contributed by atoms with E-state index in [0.29, 0.717) is 17.6 Å². The van der Waals surface area contributed by atoms with Gasteiger partial charge in [-0.15, -0.1) is 0 Å². The number of aromatic nitrogens is 5. The number of fused-ring (bicyclic) bond motifs is 10. The zero-order valence-corrected chi connectivity index (χ0v) is 34.9. The number of para-hydroxylation sites is 4. The van der Waals surface area contributed by atoms with Crippen molar-refractivity contribution in [2.45, 2.75) is 12.8 Å². The summed E-state index contributed by atoms with van der Waals surface area (Å²) in [5.41, 5.74) is 11.3. The van der Waals surface area contributed by atoms with Crippen molar-refractivity contribution in [2.24, 2.45) is 5.92 Å². The molecular weight excluding hydrogens is 783 g/mol. The van der Waals surface area contributed by atoms with Crippen LogP contribution in [0, 0.1) is 5.92 Å². The molecule has 0 bridgehead atoms. The highest BCUT2D eigenvalue weighted by molar-refractivity contribution is 6.26. The summed E-state index contributed by atoms with van der Waals surface area (Å²) >= 11 is 0. The van der Waals surface area contributed by atoms with Crippen LogP contribution >= 0.6 is 0 Å². The first kappa shape index (κ1) is 36.3. The lowest BCUT2D eigenvalue weighted by atomic mass is 9.83. The van der Waals surface area contributed by atoms with Gasteiger partial charge in [-0.3, -0.25) is 4.57 Å². The average Bonchev–Trinajstić information content (AvgIpc) is 4.02. The highest BCUT2D eigenvalue weighted by atomic mass is 16.3. The van der Waals surface area contributed by atoms with E-state index in [1.54, 1.807) is 0 Å². The van der Waals surface area contributed by atoms with Crippen molar-refractivity contribution in [3.8, 4) is 45.5 Å². The Morgan fingerprint density at radius 2 is 1.06 bits per heavy atom. The Morgan fingerprint density at radius 1 is 0.484 bits per heavy atom. The maximum Gasteiger partial charge on any atom is 0.238 e. The molecule has 1 aliphatic rings. The highest BCUT2D eigenvalue weighted by Gasteiger charge is 2.26. The Labute approximate surface area is 368 Å². The fourth-order valence-electron chi connectivity index (χ4n) is 10.1. The Morgan fingerprint density at radius 3 is 1.75 bits per heavy atom. The van der Waals surface area contributed by atoms with Crippen molar-refractivity contribution >= 4 is 66.8 Å². The summed E-state index contributed by atoms with van der Waals surface area (Å²) < 4.78 is 11.5. The van der Waals surface area contributed by atoms with Gasteiger partial charge in [0.1, 0.15) is 11.1 Å². The molecule has 0 N–H and O–H groups in total. The van der Waals surface area contributed by atoms with Crippen molar-refractivity contribution < 1.29 is 4.42 Å². The van der Waals surface area contributed by atoms with Crippen molar-refractivity contribution in [3.05, 3.63) is 210 Å². The maximum absolute atomic E-state index is 6.88. The fraction of sp³-hybridized carbons (Fsp3) is 0.0517. The van der Waals surface area contributed by atoms with Gasteiger partial charge in [0.05, 0.1) is 16.4 Å². The van der Waals surface area contributed by atoms with E-state index in [2.05, 4.69) is 150 Å². The largest absolute Gasteiger partial charge is 0.454 e. The normalized spacial score (nSPS) is 14.9. The molecule has 6 heteroatoms. The molecule has 0 spiro atoms. The third-order valence-corrected chi connectivity index (χ3v) is 13.1. The predicted molar refractivity (Wildman–Crippen MR) is 261 cm³/mol. The van der Waals surface area contributed by atoms with Gasteiger partial charge < -0.3 is 8.98 Å². The van der Waals surface area contributed by atoms with Crippen LogP contribution in [0.4, 0.5) is 0 Å². The van der Waals surface area contributed by atoms with Crippen molar-refractivity contribution in [1.82, 2.24) is 24.1 Å². The predicted octanol–water partition coefficient (Wildman–Crippen LogP) is 12.8. The standard InChI is InChI=1S/C58H39N5O/c1-36-33-51-47(42-23-11-14-26-49(42)62(51)41-21-9-4-10-22-41)34-45(36)37-29-31-38(32-30-37)46-35-48-43-24-13-16-28-52(43)64-55(48)54-53(46)44-25-12-15-27-50(44)63(54)58-60-56(39-17-5-2-6-18-39)59-57(61-58)40-19-7-3-8-20-40/h2-36,45H,1H3. The summed E-state index contributed by atoms with van der Waals surface area (Å²) in [6, 6.07) is 68.2. The molecule has 12 aromatic rings. The van der Waals surface area contributed by atoms with Crippen LogP contribution in [0.2, 0.25) is 0 Å². The first-order valence-electron chi connectivity index (χ1n) is 21.9. The second-order valence-corrected chi connectivity index (χ2v) is 16.8. The summed E-state index contributed by atoms with van der Waals surface area (Å²) in [6.45, 7) is 2.34. The molecule has 6 nitrogen and oxygen atoms in total. The first-order valence-corrected chi connectivity index (χ1v) is 21.9. The number of rotatable bonds is 6. The van der Waals surface area contributed by atoms with Gasteiger partial charge >= 0.3 is 0 Å². The van der Waals surface area contributed by atoms with Crippen LogP contribution in [0.3, 0.4) is 0 Å². The Balaban J connectivity index is 1.03. The third kappa shape index (κ3) is 5.62. The van der Waals surface area contributed by atoms with E-state index in [1.165, 1.54) is 32.7 Å². The van der Waals surface area contributed by atoms with Crippen LogP contribution in [0.25, 0.3) is 112 Å². The summed E-state index contributed by atoms with van der Waals surface area (Å²) in [5, 5.41) is 8.11. The molecule has 64 heavy (non-hydrogen) atoms.